The number of rotatable bonds is 6. The predicted molar refractivity (Wildman–Crippen MR) is 122 cm³/mol. The van der Waals surface area contributed by atoms with Gasteiger partial charge in [-0.15, -0.1) is 11.3 Å². The maximum Gasteiger partial charge on any atom is 0.234 e. The molecule has 0 saturated heterocycles. The maximum absolute atomic E-state index is 12.2. The first-order valence-electron chi connectivity index (χ1n) is 8.10. The molecule has 3 nitrogen and oxygen atoms in total. The molecule has 0 fully saturated rings. The molecular formula is C19H14Cl4N2OS2. The summed E-state index contributed by atoms with van der Waals surface area (Å²) in [5.41, 5.74) is 2.36. The van der Waals surface area contributed by atoms with E-state index in [2.05, 4.69) is 10.3 Å². The third-order valence-corrected chi connectivity index (χ3v) is 7.23. The molecule has 1 N–H and O–H groups in total. The molecule has 1 aromatic heterocycles. The summed E-state index contributed by atoms with van der Waals surface area (Å²) in [7, 11) is 0. The van der Waals surface area contributed by atoms with Crippen LogP contribution in [0.5, 0.6) is 0 Å². The predicted octanol–water partition coefficient (Wildman–Crippen LogP) is 7.39. The second kappa shape index (κ2) is 9.70. The summed E-state index contributed by atoms with van der Waals surface area (Å²) in [5.74, 6) is 0.0362. The van der Waals surface area contributed by atoms with Gasteiger partial charge < -0.3 is 5.32 Å². The lowest BCUT2D eigenvalue weighted by atomic mass is 10.1. The molecule has 0 unspecified atom stereocenters. The summed E-state index contributed by atoms with van der Waals surface area (Å²) in [6.07, 6.45) is 0.647. The molecule has 28 heavy (non-hydrogen) atoms. The summed E-state index contributed by atoms with van der Waals surface area (Å²) >= 11 is 27.2. The summed E-state index contributed by atoms with van der Waals surface area (Å²) in [6.45, 7) is 1.94. The summed E-state index contributed by atoms with van der Waals surface area (Å²) in [4.78, 5) is 17.9. The molecule has 0 aliphatic heterocycles. The van der Waals surface area contributed by atoms with Gasteiger partial charge in [0.05, 0.1) is 22.2 Å². The quantitative estimate of drug-likeness (QED) is 0.365. The molecule has 2 aromatic carbocycles. The number of hydrogen-bond acceptors (Lipinski definition) is 4. The average molecular weight is 492 g/mol. The van der Waals surface area contributed by atoms with Crippen LogP contribution >= 0.6 is 69.5 Å². The van der Waals surface area contributed by atoms with Crippen molar-refractivity contribution in [3.05, 3.63) is 72.6 Å². The first-order chi connectivity index (χ1) is 13.3. The smallest absolute Gasteiger partial charge is 0.234 e. The van der Waals surface area contributed by atoms with E-state index in [1.807, 2.05) is 13.0 Å². The van der Waals surface area contributed by atoms with Crippen molar-refractivity contribution in [2.45, 2.75) is 17.7 Å². The van der Waals surface area contributed by atoms with Crippen molar-refractivity contribution in [2.24, 2.45) is 0 Å². The molecule has 3 rings (SSSR count). The van der Waals surface area contributed by atoms with Gasteiger partial charge in [-0.1, -0.05) is 58.2 Å². The van der Waals surface area contributed by atoms with Crippen LogP contribution < -0.4 is 5.32 Å². The molecule has 1 amide bonds. The molecular weight excluding hydrogens is 478 g/mol. The number of nitrogens with one attached hydrogen (secondary N) is 1. The Morgan fingerprint density at radius 1 is 1.07 bits per heavy atom. The summed E-state index contributed by atoms with van der Waals surface area (Å²) < 4.78 is 0.818. The minimum Gasteiger partial charge on any atom is -0.324 e. The van der Waals surface area contributed by atoms with Crippen LogP contribution in [-0.4, -0.2) is 16.6 Å². The van der Waals surface area contributed by atoms with Crippen molar-refractivity contribution in [1.82, 2.24) is 4.98 Å². The number of thiazole rings is 1. The molecule has 146 valence electrons. The molecule has 0 bridgehead atoms. The van der Waals surface area contributed by atoms with Crippen molar-refractivity contribution >= 4 is 81.1 Å². The highest BCUT2D eigenvalue weighted by molar-refractivity contribution is 8.01. The number of aryl methyl sites for hydroxylation is 1. The summed E-state index contributed by atoms with van der Waals surface area (Å²) in [5, 5.41) is 5.03. The Balaban J connectivity index is 1.62. The second-order valence-electron chi connectivity index (χ2n) is 5.86. The highest BCUT2D eigenvalue weighted by atomic mass is 35.5. The monoisotopic (exact) mass is 490 g/mol. The Morgan fingerprint density at radius 3 is 2.50 bits per heavy atom. The molecule has 0 aliphatic rings. The van der Waals surface area contributed by atoms with Crippen LogP contribution in [-0.2, 0) is 11.2 Å². The molecule has 0 aliphatic carbocycles. The van der Waals surface area contributed by atoms with Gasteiger partial charge in [-0.05, 0) is 48.9 Å². The van der Waals surface area contributed by atoms with Gasteiger partial charge in [-0.25, -0.2) is 4.98 Å². The number of carbonyl (C=O) groups excluding carboxylic acids is 1. The SMILES string of the molecule is Cc1nc(SCC(=O)Nc2cc(Cl)ccc2Cl)sc1Cc1cc(Cl)ccc1Cl. The van der Waals surface area contributed by atoms with Crippen LogP contribution in [0.4, 0.5) is 5.69 Å². The van der Waals surface area contributed by atoms with E-state index in [9.17, 15) is 4.79 Å². The Kier molecular flexibility index (Phi) is 7.54. The third-order valence-electron chi connectivity index (χ3n) is 3.76. The van der Waals surface area contributed by atoms with Crippen LogP contribution in [0.25, 0.3) is 0 Å². The first-order valence-corrected chi connectivity index (χ1v) is 11.4. The van der Waals surface area contributed by atoms with E-state index in [0.29, 0.717) is 32.2 Å². The highest BCUT2D eigenvalue weighted by Gasteiger charge is 2.13. The van der Waals surface area contributed by atoms with Gasteiger partial charge in [-0.3, -0.25) is 4.79 Å². The Labute approximate surface area is 191 Å². The fourth-order valence-corrected chi connectivity index (χ4v) is 5.16. The minimum atomic E-state index is -0.179. The topological polar surface area (TPSA) is 42.0 Å². The lowest BCUT2D eigenvalue weighted by Gasteiger charge is -2.06. The number of thioether (sulfide) groups is 1. The molecule has 3 aromatic rings. The number of aromatic nitrogens is 1. The lowest BCUT2D eigenvalue weighted by molar-refractivity contribution is -0.113. The Hall–Kier alpha value is -0.950. The molecule has 0 saturated carbocycles. The number of amides is 1. The van der Waals surface area contributed by atoms with E-state index in [1.54, 1.807) is 41.7 Å². The Morgan fingerprint density at radius 2 is 1.75 bits per heavy atom. The zero-order chi connectivity index (χ0) is 20.3. The highest BCUT2D eigenvalue weighted by Crippen LogP contribution is 2.32. The van der Waals surface area contributed by atoms with Gasteiger partial charge in [0.25, 0.3) is 0 Å². The van der Waals surface area contributed by atoms with E-state index in [-0.39, 0.29) is 11.7 Å². The van der Waals surface area contributed by atoms with E-state index in [0.717, 1.165) is 20.5 Å². The normalized spacial score (nSPS) is 10.9. The number of hydrogen-bond donors (Lipinski definition) is 1. The van der Waals surface area contributed by atoms with Crippen molar-refractivity contribution in [2.75, 3.05) is 11.1 Å². The average Bonchev–Trinajstić information content (AvgIpc) is 2.99. The van der Waals surface area contributed by atoms with Crippen LogP contribution in [0.15, 0.2) is 40.7 Å². The van der Waals surface area contributed by atoms with Crippen LogP contribution in [0.2, 0.25) is 20.1 Å². The van der Waals surface area contributed by atoms with Crippen LogP contribution in [0.1, 0.15) is 16.1 Å². The van der Waals surface area contributed by atoms with Gasteiger partial charge >= 0.3 is 0 Å². The van der Waals surface area contributed by atoms with Gasteiger partial charge in [0.1, 0.15) is 0 Å². The molecule has 0 radical (unpaired) electrons. The number of anilines is 1. The molecule has 0 spiro atoms. The van der Waals surface area contributed by atoms with E-state index < -0.39 is 0 Å². The summed E-state index contributed by atoms with van der Waals surface area (Å²) in [6, 6.07) is 10.3. The number of carbonyl (C=O) groups is 1. The van der Waals surface area contributed by atoms with Gasteiger partial charge in [0.15, 0.2) is 4.34 Å². The van der Waals surface area contributed by atoms with Crippen LogP contribution in [0.3, 0.4) is 0 Å². The second-order valence-corrected chi connectivity index (χ2v) is 9.86. The first kappa shape index (κ1) is 21.8. The fourth-order valence-electron chi connectivity index (χ4n) is 2.39. The number of benzene rings is 2. The molecule has 0 atom stereocenters. The van der Waals surface area contributed by atoms with Crippen LogP contribution in [0, 0.1) is 6.92 Å². The number of halogens is 4. The van der Waals surface area contributed by atoms with E-state index in [1.165, 1.54) is 11.8 Å². The van der Waals surface area contributed by atoms with Crippen molar-refractivity contribution in [3.8, 4) is 0 Å². The largest absolute Gasteiger partial charge is 0.324 e. The zero-order valence-electron chi connectivity index (χ0n) is 14.6. The van der Waals surface area contributed by atoms with Gasteiger partial charge in [0, 0.05) is 26.4 Å². The van der Waals surface area contributed by atoms with E-state index >= 15 is 0 Å². The zero-order valence-corrected chi connectivity index (χ0v) is 19.2. The van der Waals surface area contributed by atoms with Crippen molar-refractivity contribution in [1.29, 1.82) is 0 Å². The minimum absolute atomic E-state index is 0.179. The van der Waals surface area contributed by atoms with E-state index in [4.69, 9.17) is 46.4 Å². The number of nitrogens with zero attached hydrogens (tertiary/aromatic N) is 1. The maximum atomic E-state index is 12.2. The van der Waals surface area contributed by atoms with Gasteiger partial charge in [-0.2, -0.15) is 0 Å². The third kappa shape index (κ3) is 5.78. The van der Waals surface area contributed by atoms with Gasteiger partial charge in [0.2, 0.25) is 5.91 Å². The fraction of sp³-hybridized carbons (Fsp3) is 0.158. The molecule has 9 heteroatoms. The van der Waals surface area contributed by atoms with Crippen molar-refractivity contribution < 1.29 is 4.79 Å². The lowest BCUT2D eigenvalue weighted by Crippen LogP contribution is -2.14. The molecule has 1 heterocycles. The standard InChI is InChI=1S/C19H14Cl4N2OS2/c1-10-17(7-11-6-12(20)2-4-14(11)22)28-19(24-10)27-9-18(26)25-16-8-13(21)3-5-15(16)23/h2-6,8H,7,9H2,1H3,(H,25,26). The van der Waals surface area contributed by atoms with Crippen molar-refractivity contribution in [3.63, 3.8) is 0 Å². The Bertz CT molecular complexity index is 1020.